The van der Waals surface area contributed by atoms with Crippen LogP contribution in [0.25, 0.3) is 0 Å². The summed E-state index contributed by atoms with van der Waals surface area (Å²) in [5, 5.41) is 13.5. The van der Waals surface area contributed by atoms with E-state index < -0.39 is 4.92 Å². The van der Waals surface area contributed by atoms with Gasteiger partial charge in [-0.25, -0.2) is 4.79 Å². The third-order valence-corrected chi connectivity index (χ3v) is 5.02. The molecule has 3 rings (SSSR count). The molecule has 1 heterocycles. The van der Waals surface area contributed by atoms with Crippen molar-refractivity contribution in [3.8, 4) is 0 Å². The molecular formula is C17H24N4O3. The lowest BCUT2D eigenvalue weighted by Gasteiger charge is -2.40. The van der Waals surface area contributed by atoms with Crippen molar-refractivity contribution in [2.75, 3.05) is 31.5 Å². The minimum absolute atomic E-state index is 0.0223. The van der Waals surface area contributed by atoms with Gasteiger partial charge in [0.15, 0.2) is 0 Å². The number of non-ortho nitro benzene ring substituents is 1. The number of hydrogen-bond donors (Lipinski definition) is 1. The zero-order chi connectivity index (χ0) is 16.9. The number of benzene rings is 1. The van der Waals surface area contributed by atoms with Gasteiger partial charge in [0.1, 0.15) is 0 Å². The van der Waals surface area contributed by atoms with Crippen LogP contribution in [-0.2, 0) is 0 Å². The van der Waals surface area contributed by atoms with Gasteiger partial charge in [0, 0.05) is 50.0 Å². The Morgan fingerprint density at radius 3 is 2.25 bits per heavy atom. The van der Waals surface area contributed by atoms with E-state index in [-0.39, 0.29) is 11.7 Å². The standard InChI is InChI=1S/C17H24N4O3/c22-17(18-14-6-8-16(9-7-14)21(23)24)20-12-10-19(11-13-20)15-4-2-1-3-5-15/h6-9,15H,1-5,10-13H2,(H,18,22). The summed E-state index contributed by atoms with van der Waals surface area (Å²) in [7, 11) is 0. The van der Waals surface area contributed by atoms with Gasteiger partial charge in [-0.3, -0.25) is 15.0 Å². The van der Waals surface area contributed by atoms with Crippen molar-refractivity contribution in [3.63, 3.8) is 0 Å². The van der Waals surface area contributed by atoms with Gasteiger partial charge in [0.05, 0.1) is 4.92 Å². The van der Waals surface area contributed by atoms with E-state index in [1.54, 1.807) is 12.1 Å². The first-order valence-electron chi connectivity index (χ1n) is 8.68. The number of anilines is 1. The zero-order valence-electron chi connectivity index (χ0n) is 13.8. The largest absolute Gasteiger partial charge is 0.322 e. The van der Waals surface area contributed by atoms with Crippen LogP contribution in [-0.4, -0.2) is 53.0 Å². The Kier molecular flexibility index (Phi) is 5.30. The van der Waals surface area contributed by atoms with Crippen LogP contribution in [0, 0.1) is 10.1 Å². The first-order valence-corrected chi connectivity index (χ1v) is 8.68. The number of carbonyl (C=O) groups is 1. The third-order valence-electron chi connectivity index (χ3n) is 5.02. The fourth-order valence-electron chi connectivity index (χ4n) is 3.61. The summed E-state index contributed by atoms with van der Waals surface area (Å²) in [5.41, 5.74) is 0.606. The molecule has 7 heteroatoms. The number of nitro groups is 1. The first kappa shape index (κ1) is 16.7. The number of nitrogens with one attached hydrogen (secondary N) is 1. The number of amides is 2. The predicted octanol–water partition coefficient (Wildman–Crippen LogP) is 3.08. The number of nitrogens with zero attached hydrogens (tertiary/aromatic N) is 3. The molecule has 1 aliphatic heterocycles. The van der Waals surface area contributed by atoms with Gasteiger partial charge in [0.2, 0.25) is 0 Å². The highest BCUT2D eigenvalue weighted by atomic mass is 16.6. The molecule has 1 saturated carbocycles. The van der Waals surface area contributed by atoms with Crippen LogP contribution >= 0.6 is 0 Å². The summed E-state index contributed by atoms with van der Waals surface area (Å²) < 4.78 is 0. The highest BCUT2D eigenvalue weighted by Gasteiger charge is 2.27. The molecule has 1 aliphatic carbocycles. The number of carbonyl (C=O) groups excluding carboxylic acids is 1. The molecule has 2 aliphatic rings. The van der Waals surface area contributed by atoms with E-state index in [4.69, 9.17) is 0 Å². The molecule has 2 amide bonds. The summed E-state index contributed by atoms with van der Waals surface area (Å²) >= 11 is 0. The molecule has 2 fully saturated rings. The molecule has 0 atom stereocenters. The number of piperazine rings is 1. The van der Waals surface area contributed by atoms with Crippen molar-refractivity contribution in [1.29, 1.82) is 0 Å². The van der Waals surface area contributed by atoms with Crippen LogP contribution in [0.4, 0.5) is 16.2 Å². The molecule has 1 aromatic rings. The van der Waals surface area contributed by atoms with Crippen LogP contribution in [0.3, 0.4) is 0 Å². The fourth-order valence-corrected chi connectivity index (χ4v) is 3.61. The summed E-state index contributed by atoms with van der Waals surface area (Å²) in [6, 6.07) is 6.49. The normalized spacial score (nSPS) is 19.9. The van der Waals surface area contributed by atoms with Crippen molar-refractivity contribution in [2.24, 2.45) is 0 Å². The molecule has 0 spiro atoms. The molecule has 0 aromatic heterocycles. The van der Waals surface area contributed by atoms with Gasteiger partial charge < -0.3 is 10.2 Å². The van der Waals surface area contributed by atoms with Crippen molar-refractivity contribution < 1.29 is 9.72 Å². The Hall–Kier alpha value is -2.15. The maximum absolute atomic E-state index is 12.3. The zero-order valence-corrected chi connectivity index (χ0v) is 13.8. The highest BCUT2D eigenvalue weighted by Crippen LogP contribution is 2.23. The van der Waals surface area contributed by atoms with E-state index in [1.807, 2.05) is 4.90 Å². The van der Waals surface area contributed by atoms with Gasteiger partial charge in [-0.15, -0.1) is 0 Å². The van der Waals surface area contributed by atoms with E-state index in [9.17, 15) is 14.9 Å². The molecule has 0 bridgehead atoms. The highest BCUT2D eigenvalue weighted by molar-refractivity contribution is 5.89. The lowest BCUT2D eigenvalue weighted by atomic mass is 9.94. The second-order valence-electron chi connectivity index (χ2n) is 6.55. The smallest absolute Gasteiger partial charge is 0.321 e. The van der Waals surface area contributed by atoms with Crippen LogP contribution < -0.4 is 5.32 Å². The Bertz CT molecular complexity index is 576. The van der Waals surface area contributed by atoms with Gasteiger partial charge in [-0.1, -0.05) is 19.3 Å². The summed E-state index contributed by atoms with van der Waals surface area (Å²) in [5.74, 6) is 0. The SMILES string of the molecule is O=C(Nc1ccc([N+](=O)[O-])cc1)N1CCN(C2CCCCC2)CC1. The van der Waals surface area contributed by atoms with Crippen molar-refractivity contribution >= 4 is 17.4 Å². The average molecular weight is 332 g/mol. The third kappa shape index (κ3) is 4.03. The minimum Gasteiger partial charge on any atom is -0.322 e. The van der Waals surface area contributed by atoms with Crippen LogP contribution in [0.5, 0.6) is 0 Å². The maximum atomic E-state index is 12.3. The fraction of sp³-hybridized carbons (Fsp3) is 0.588. The second-order valence-corrected chi connectivity index (χ2v) is 6.55. The van der Waals surface area contributed by atoms with Crippen molar-refractivity contribution in [2.45, 2.75) is 38.1 Å². The summed E-state index contributed by atoms with van der Waals surface area (Å²) in [6.45, 7) is 3.32. The van der Waals surface area contributed by atoms with Crippen molar-refractivity contribution in [3.05, 3.63) is 34.4 Å². The van der Waals surface area contributed by atoms with E-state index in [2.05, 4.69) is 10.2 Å². The number of nitro benzene ring substituents is 1. The molecular weight excluding hydrogens is 308 g/mol. The molecule has 0 unspecified atom stereocenters. The molecule has 24 heavy (non-hydrogen) atoms. The van der Waals surface area contributed by atoms with Crippen LogP contribution in [0.15, 0.2) is 24.3 Å². The number of hydrogen-bond acceptors (Lipinski definition) is 4. The van der Waals surface area contributed by atoms with Gasteiger partial charge in [-0.2, -0.15) is 0 Å². The van der Waals surface area contributed by atoms with Crippen LogP contribution in [0.1, 0.15) is 32.1 Å². The first-order chi connectivity index (χ1) is 11.6. The van der Waals surface area contributed by atoms with Gasteiger partial charge >= 0.3 is 6.03 Å². The molecule has 0 radical (unpaired) electrons. The maximum Gasteiger partial charge on any atom is 0.321 e. The number of urea groups is 1. The topological polar surface area (TPSA) is 78.7 Å². The van der Waals surface area contributed by atoms with Gasteiger partial charge in [-0.05, 0) is 25.0 Å². The number of rotatable bonds is 3. The molecule has 7 nitrogen and oxygen atoms in total. The molecule has 1 aromatic carbocycles. The van der Waals surface area contributed by atoms with E-state index in [1.165, 1.54) is 44.2 Å². The average Bonchev–Trinajstić information content (AvgIpc) is 2.63. The Labute approximate surface area is 141 Å². The Balaban J connectivity index is 1.48. The van der Waals surface area contributed by atoms with Crippen molar-refractivity contribution in [1.82, 2.24) is 9.80 Å². The minimum atomic E-state index is -0.448. The summed E-state index contributed by atoms with van der Waals surface area (Å²) in [4.78, 5) is 26.9. The molecule has 1 saturated heterocycles. The monoisotopic (exact) mass is 332 g/mol. The van der Waals surface area contributed by atoms with Crippen LogP contribution in [0.2, 0.25) is 0 Å². The molecule has 130 valence electrons. The quantitative estimate of drug-likeness (QED) is 0.681. The van der Waals surface area contributed by atoms with E-state index >= 15 is 0 Å². The predicted molar refractivity (Wildman–Crippen MR) is 92.1 cm³/mol. The Morgan fingerprint density at radius 1 is 1.04 bits per heavy atom. The second kappa shape index (κ2) is 7.61. The van der Waals surface area contributed by atoms with E-state index in [0.717, 1.165) is 26.2 Å². The van der Waals surface area contributed by atoms with E-state index in [0.29, 0.717) is 11.7 Å². The lowest BCUT2D eigenvalue weighted by molar-refractivity contribution is -0.384. The molecule has 1 N–H and O–H groups in total. The Morgan fingerprint density at radius 2 is 1.67 bits per heavy atom. The summed E-state index contributed by atoms with van der Waals surface area (Å²) in [6.07, 6.45) is 6.58. The lowest BCUT2D eigenvalue weighted by Crippen LogP contribution is -2.53. The van der Waals surface area contributed by atoms with Gasteiger partial charge in [0.25, 0.3) is 5.69 Å².